The molecule has 1 aliphatic rings. The van der Waals surface area contributed by atoms with Gasteiger partial charge in [0.1, 0.15) is 6.04 Å². The van der Waals surface area contributed by atoms with Gasteiger partial charge in [-0.3, -0.25) is 48.4 Å². The van der Waals surface area contributed by atoms with Crippen molar-refractivity contribution >= 4 is 46.4 Å². The molecule has 2 aromatic rings. The summed E-state index contributed by atoms with van der Waals surface area (Å²) in [5.74, 6) is -4.12. The smallest absolute Gasteiger partial charge is 0.317 e. The molecule has 1 aliphatic heterocycles. The molecule has 2 aromatic carbocycles. The molecule has 0 aromatic heterocycles. The quantitative estimate of drug-likeness (QED) is 0.0978. The number of carboxylic acids is 3. The highest BCUT2D eigenvalue weighted by Crippen LogP contribution is 2.17. The highest BCUT2D eigenvalue weighted by molar-refractivity contribution is 5.89. The lowest BCUT2D eigenvalue weighted by atomic mass is 10.0. The van der Waals surface area contributed by atoms with Crippen molar-refractivity contribution in [3.63, 3.8) is 0 Å². The summed E-state index contributed by atoms with van der Waals surface area (Å²) in [6.07, 6.45) is 5.49. The van der Waals surface area contributed by atoms with Crippen molar-refractivity contribution in [3.8, 4) is 0 Å². The third-order valence-electron chi connectivity index (χ3n) is 9.53. The van der Waals surface area contributed by atoms with Gasteiger partial charge in [-0.05, 0) is 22.8 Å². The average Bonchev–Trinajstić information content (AvgIpc) is 3.13. The van der Waals surface area contributed by atoms with E-state index < -0.39 is 23.9 Å². The first-order valence-electron chi connectivity index (χ1n) is 19.3. The van der Waals surface area contributed by atoms with Crippen molar-refractivity contribution in [2.45, 2.75) is 57.9 Å². The first-order valence-corrected chi connectivity index (χ1v) is 19.3. The van der Waals surface area contributed by atoms with Crippen LogP contribution in [0.2, 0.25) is 0 Å². The number of amides is 3. The van der Waals surface area contributed by atoms with Crippen molar-refractivity contribution in [2.24, 2.45) is 0 Å². The molecule has 304 valence electrons. The van der Waals surface area contributed by atoms with Crippen LogP contribution in [0.1, 0.15) is 51.0 Å². The molecule has 0 bridgehead atoms. The van der Waals surface area contributed by atoms with Gasteiger partial charge in [0.15, 0.2) is 0 Å². The van der Waals surface area contributed by atoms with Crippen LogP contribution in [0.5, 0.6) is 0 Å². The van der Waals surface area contributed by atoms with E-state index in [-0.39, 0.29) is 96.1 Å². The second kappa shape index (κ2) is 24.7. The summed E-state index contributed by atoms with van der Waals surface area (Å²) in [5.41, 5.74) is 0.905. The largest absolute Gasteiger partial charge is 0.480 e. The standard InChI is InChI=1S/C39H59N7O9/c1-2-3-4-5-8-14-41-39(55)33(25-30-11-12-31-9-6-7-10-32(31)24-30)42-34(47)13-15-40-35(48)26-43-16-18-44(27-36(49)50)20-22-46(29-38(53)54)23-21-45(19-17-43)28-37(51)52/h6-7,9-12,24,33H,2-5,8,13-23,25-29H2,1H3,(H,40,48)(H,41,55)(H,42,47)(H,49,50)(H,51,52)(H,53,54). The highest BCUT2D eigenvalue weighted by Gasteiger charge is 2.23. The van der Waals surface area contributed by atoms with Crippen LogP contribution in [-0.2, 0) is 35.2 Å². The third kappa shape index (κ3) is 18.5. The minimum atomic E-state index is -1.04. The number of aliphatic carboxylic acids is 3. The van der Waals surface area contributed by atoms with Crippen LogP contribution in [0, 0.1) is 0 Å². The number of hydrogen-bond acceptors (Lipinski definition) is 10. The lowest BCUT2D eigenvalue weighted by molar-refractivity contribution is -0.140. The predicted molar refractivity (Wildman–Crippen MR) is 208 cm³/mol. The van der Waals surface area contributed by atoms with E-state index in [4.69, 9.17) is 0 Å². The molecule has 0 radical (unpaired) electrons. The summed E-state index contributed by atoms with van der Waals surface area (Å²) in [6.45, 7) is 4.06. The Morgan fingerprint density at radius 1 is 0.600 bits per heavy atom. The Morgan fingerprint density at radius 3 is 1.64 bits per heavy atom. The molecule has 0 aliphatic carbocycles. The van der Waals surface area contributed by atoms with E-state index in [1.807, 2.05) is 47.4 Å². The Labute approximate surface area is 323 Å². The fourth-order valence-corrected chi connectivity index (χ4v) is 6.50. The van der Waals surface area contributed by atoms with Gasteiger partial charge in [0.25, 0.3) is 0 Å². The van der Waals surface area contributed by atoms with Crippen molar-refractivity contribution < 1.29 is 44.1 Å². The Kier molecular flexibility index (Phi) is 20.1. The van der Waals surface area contributed by atoms with E-state index in [9.17, 15) is 44.1 Å². The van der Waals surface area contributed by atoms with Crippen molar-refractivity contribution in [3.05, 3.63) is 48.0 Å². The summed E-state index contributed by atoms with van der Waals surface area (Å²) in [4.78, 5) is 80.9. The van der Waals surface area contributed by atoms with E-state index >= 15 is 0 Å². The maximum atomic E-state index is 13.3. The molecule has 0 spiro atoms. The van der Waals surface area contributed by atoms with Gasteiger partial charge in [0.05, 0.1) is 26.2 Å². The second-order valence-corrected chi connectivity index (χ2v) is 14.1. The minimum absolute atomic E-state index is 0.0237. The molecular formula is C39H59N7O9. The fourth-order valence-electron chi connectivity index (χ4n) is 6.50. The van der Waals surface area contributed by atoms with Gasteiger partial charge in [-0.25, -0.2) is 0 Å². The molecule has 16 nitrogen and oxygen atoms in total. The Morgan fingerprint density at radius 2 is 1.11 bits per heavy atom. The van der Waals surface area contributed by atoms with E-state index in [1.54, 1.807) is 14.7 Å². The summed E-state index contributed by atoms with van der Waals surface area (Å²) in [5, 5.41) is 39.0. The van der Waals surface area contributed by atoms with Crippen molar-refractivity contribution in [1.82, 2.24) is 35.6 Å². The lowest BCUT2D eigenvalue weighted by Gasteiger charge is -2.32. The molecule has 0 saturated carbocycles. The number of unbranched alkanes of at least 4 members (excludes halogenated alkanes) is 4. The summed E-state index contributed by atoms with van der Waals surface area (Å²) >= 11 is 0. The molecule has 1 fully saturated rings. The molecule has 3 amide bonds. The molecule has 1 atom stereocenters. The number of benzene rings is 2. The molecule has 1 heterocycles. The fraction of sp³-hybridized carbons (Fsp3) is 0.590. The third-order valence-corrected chi connectivity index (χ3v) is 9.53. The number of carbonyl (C=O) groups is 6. The predicted octanol–water partition coefficient (Wildman–Crippen LogP) is 0.935. The van der Waals surface area contributed by atoms with Crippen LogP contribution < -0.4 is 16.0 Å². The Hall–Kier alpha value is -4.64. The number of nitrogens with zero attached hydrogens (tertiary/aromatic N) is 4. The maximum Gasteiger partial charge on any atom is 0.317 e. The van der Waals surface area contributed by atoms with Crippen molar-refractivity contribution in [1.29, 1.82) is 0 Å². The van der Waals surface area contributed by atoms with Crippen LogP contribution in [0.4, 0.5) is 0 Å². The zero-order chi connectivity index (χ0) is 40.0. The van der Waals surface area contributed by atoms with E-state index in [0.717, 1.165) is 48.4 Å². The molecule has 16 heteroatoms. The zero-order valence-electron chi connectivity index (χ0n) is 32.0. The maximum absolute atomic E-state index is 13.3. The normalized spacial score (nSPS) is 16.0. The number of fused-ring (bicyclic) bond motifs is 1. The lowest BCUT2D eigenvalue weighted by Crippen LogP contribution is -2.50. The van der Waals surface area contributed by atoms with Gasteiger partial charge < -0.3 is 31.3 Å². The van der Waals surface area contributed by atoms with Crippen LogP contribution >= 0.6 is 0 Å². The first-order chi connectivity index (χ1) is 26.4. The van der Waals surface area contributed by atoms with Crippen molar-refractivity contribution in [2.75, 3.05) is 91.6 Å². The van der Waals surface area contributed by atoms with Crippen LogP contribution in [0.3, 0.4) is 0 Å². The summed E-state index contributed by atoms with van der Waals surface area (Å²) in [6, 6.07) is 13.1. The van der Waals surface area contributed by atoms with Gasteiger partial charge in [-0.2, -0.15) is 0 Å². The average molecular weight is 770 g/mol. The van der Waals surface area contributed by atoms with E-state index in [0.29, 0.717) is 26.1 Å². The SMILES string of the molecule is CCCCCCCNC(=O)C(Cc1ccc2ccccc2c1)NC(=O)CCNC(=O)CN1CCN(CC(=O)O)CCN(CC(=O)O)CCN(CC(=O)O)CC1. The van der Waals surface area contributed by atoms with Gasteiger partial charge >= 0.3 is 17.9 Å². The van der Waals surface area contributed by atoms with Gasteiger partial charge in [-0.15, -0.1) is 0 Å². The minimum Gasteiger partial charge on any atom is -0.480 e. The number of carboxylic acid groups (broad SMARTS) is 3. The molecule has 3 rings (SSSR count). The number of nitrogens with one attached hydrogen (secondary N) is 3. The molecule has 1 saturated heterocycles. The van der Waals surface area contributed by atoms with Crippen LogP contribution in [0.15, 0.2) is 42.5 Å². The van der Waals surface area contributed by atoms with E-state index in [1.165, 1.54) is 0 Å². The molecule has 1 unspecified atom stereocenters. The second-order valence-electron chi connectivity index (χ2n) is 14.1. The van der Waals surface area contributed by atoms with Gasteiger partial charge in [-0.1, -0.05) is 75.1 Å². The van der Waals surface area contributed by atoms with E-state index in [2.05, 4.69) is 22.9 Å². The highest BCUT2D eigenvalue weighted by atomic mass is 16.4. The molecule has 6 N–H and O–H groups in total. The number of hydrogen-bond donors (Lipinski definition) is 6. The first kappa shape index (κ1) is 44.8. The number of rotatable bonds is 21. The van der Waals surface area contributed by atoms with Crippen LogP contribution in [-0.4, -0.2) is 168 Å². The summed E-state index contributed by atoms with van der Waals surface area (Å²) < 4.78 is 0. The Bertz CT molecular complexity index is 1530. The Balaban J connectivity index is 1.59. The van der Waals surface area contributed by atoms with Gasteiger partial charge in [0.2, 0.25) is 17.7 Å². The van der Waals surface area contributed by atoms with Crippen LogP contribution in [0.25, 0.3) is 10.8 Å². The van der Waals surface area contributed by atoms with Gasteiger partial charge in [0, 0.05) is 78.3 Å². The number of carbonyl (C=O) groups excluding carboxylic acids is 3. The topological polar surface area (TPSA) is 212 Å². The molecule has 55 heavy (non-hydrogen) atoms. The molecular weight excluding hydrogens is 710 g/mol. The zero-order valence-corrected chi connectivity index (χ0v) is 32.0. The summed E-state index contributed by atoms with van der Waals surface area (Å²) in [7, 11) is 0. The monoisotopic (exact) mass is 769 g/mol.